The maximum Gasteiger partial charge on any atom is 0.293 e. The summed E-state index contributed by atoms with van der Waals surface area (Å²) in [6.07, 6.45) is 2.42. The molecule has 30 heavy (non-hydrogen) atoms. The van der Waals surface area contributed by atoms with E-state index < -0.39 is 0 Å². The SMILES string of the molecule is CCc1ccc(-c2cc3c(=O)n(CC(=O)N[C@H](C)c4ccccc4)ncn3n2)cc1. The molecule has 0 unspecified atom stereocenters. The van der Waals surface area contributed by atoms with Gasteiger partial charge < -0.3 is 5.32 Å². The molecule has 0 radical (unpaired) electrons. The average molecular weight is 401 g/mol. The van der Waals surface area contributed by atoms with Gasteiger partial charge in [0.1, 0.15) is 18.4 Å². The lowest BCUT2D eigenvalue weighted by atomic mass is 10.1. The monoisotopic (exact) mass is 401 g/mol. The van der Waals surface area contributed by atoms with E-state index in [0.29, 0.717) is 11.2 Å². The van der Waals surface area contributed by atoms with Crippen LogP contribution in [0.1, 0.15) is 31.0 Å². The molecule has 1 N–H and O–H groups in total. The summed E-state index contributed by atoms with van der Waals surface area (Å²) in [5.74, 6) is -0.278. The fourth-order valence-corrected chi connectivity index (χ4v) is 3.35. The first-order chi connectivity index (χ1) is 14.5. The van der Waals surface area contributed by atoms with Gasteiger partial charge in [0.15, 0.2) is 0 Å². The number of amides is 1. The Kier molecular flexibility index (Phi) is 5.43. The second-order valence-electron chi connectivity index (χ2n) is 7.20. The third kappa shape index (κ3) is 4.00. The number of aromatic nitrogens is 4. The molecule has 1 atom stereocenters. The summed E-state index contributed by atoms with van der Waals surface area (Å²) >= 11 is 0. The van der Waals surface area contributed by atoms with Gasteiger partial charge in [-0.25, -0.2) is 9.20 Å². The summed E-state index contributed by atoms with van der Waals surface area (Å²) in [7, 11) is 0. The first kappa shape index (κ1) is 19.6. The maximum absolute atomic E-state index is 12.8. The van der Waals surface area contributed by atoms with Crippen molar-refractivity contribution in [2.75, 3.05) is 0 Å². The molecular weight excluding hydrogens is 378 g/mol. The zero-order valence-electron chi connectivity index (χ0n) is 16.9. The third-order valence-corrected chi connectivity index (χ3v) is 5.12. The van der Waals surface area contributed by atoms with Crippen LogP contribution in [0.25, 0.3) is 16.8 Å². The minimum atomic E-state index is -0.357. The Morgan fingerprint density at radius 1 is 1.10 bits per heavy atom. The molecule has 7 nitrogen and oxygen atoms in total. The highest BCUT2D eigenvalue weighted by Crippen LogP contribution is 2.19. The van der Waals surface area contributed by atoms with Crippen molar-refractivity contribution in [1.82, 2.24) is 24.7 Å². The third-order valence-electron chi connectivity index (χ3n) is 5.12. The van der Waals surface area contributed by atoms with Gasteiger partial charge in [0, 0.05) is 5.56 Å². The molecule has 2 heterocycles. The van der Waals surface area contributed by atoms with Crippen molar-refractivity contribution in [3.05, 3.63) is 88.5 Å². The number of hydrogen-bond donors (Lipinski definition) is 1. The lowest BCUT2D eigenvalue weighted by molar-refractivity contribution is -0.122. The van der Waals surface area contributed by atoms with Gasteiger partial charge in [-0.05, 0) is 30.5 Å². The highest BCUT2D eigenvalue weighted by Gasteiger charge is 2.14. The smallest absolute Gasteiger partial charge is 0.293 e. The van der Waals surface area contributed by atoms with E-state index in [0.717, 1.165) is 22.2 Å². The molecule has 7 heteroatoms. The lowest BCUT2D eigenvalue weighted by Gasteiger charge is -2.14. The Labute approximate surface area is 174 Å². The van der Waals surface area contributed by atoms with Crippen LogP contribution in [-0.4, -0.2) is 25.3 Å². The average Bonchev–Trinajstić information content (AvgIpc) is 3.21. The zero-order valence-corrected chi connectivity index (χ0v) is 16.9. The summed E-state index contributed by atoms with van der Waals surface area (Å²) in [4.78, 5) is 25.3. The van der Waals surface area contributed by atoms with Gasteiger partial charge in [-0.3, -0.25) is 9.59 Å². The molecule has 4 rings (SSSR count). The molecule has 0 spiro atoms. The molecule has 0 saturated heterocycles. The van der Waals surface area contributed by atoms with Crippen molar-refractivity contribution in [3.63, 3.8) is 0 Å². The molecule has 0 bridgehead atoms. The second-order valence-corrected chi connectivity index (χ2v) is 7.20. The Morgan fingerprint density at radius 3 is 2.53 bits per heavy atom. The van der Waals surface area contributed by atoms with E-state index in [1.165, 1.54) is 16.4 Å². The minimum Gasteiger partial charge on any atom is -0.348 e. The van der Waals surface area contributed by atoms with Gasteiger partial charge in [0.25, 0.3) is 5.56 Å². The quantitative estimate of drug-likeness (QED) is 0.539. The molecule has 2 aromatic heterocycles. The molecule has 0 fully saturated rings. The van der Waals surface area contributed by atoms with Gasteiger partial charge in [-0.2, -0.15) is 10.2 Å². The van der Waals surface area contributed by atoms with Gasteiger partial charge in [-0.1, -0.05) is 61.5 Å². The van der Waals surface area contributed by atoms with Gasteiger partial charge >= 0.3 is 0 Å². The molecule has 152 valence electrons. The van der Waals surface area contributed by atoms with Crippen LogP contribution in [0, 0.1) is 0 Å². The van der Waals surface area contributed by atoms with Crippen LogP contribution < -0.4 is 10.9 Å². The van der Waals surface area contributed by atoms with Crippen molar-refractivity contribution in [2.45, 2.75) is 32.9 Å². The van der Waals surface area contributed by atoms with E-state index in [4.69, 9.17) is 0 Å². The van der Waals surface area contributed by atoms with Gasteiger partial charge in [-0.15, -0.1) is 0 Å². The summed E-state index contributed by atoms with van der Waals surface area (Å²) in [5, 5.41) is 11.5. The molecule has 0 aliphatic rings. The number of fused-ring (bicyclic) bond motifs is 1. The number of nitrogens with zero attached hydrogens (tertiary/aromatic N) is 4. The zero-order chi connectivity index (χ0) is 21.1. The van der Waals surface area contributed by atoms with Crippen molar-refractivity contribution in [1.29, 1.82) is 0 Å². The van der Waals surface area contributed by atoms with Crippen LogP contribution in [0.4, 0.5) is 0 Å². The van der Waals surface area contributed by atoms with E-state index in [1.54, 1.807) is 6.07 Å². The van der Waals surface area contributed by atoms with E-state index >= 15 is 0 Å². The summed E-state index contributed by atoms with van der Waals surface area (Å²) in [5.41, 5.74) is 3.87. The first-order valence-electron chi connectivity index (χ1n) is 9.94. The highest BCUT2D eigenvalue weighted by molar-refractivity contribution is 5.76. The number of benzene rings is 2. The van der Waals surface area contributed by atoms with Crippen LogP contribution in [-0.2, 0) is 17.8 Å². The van der Waals surface area contributed by atoms with E-state index in [1.807, 2.05) is 61.5 Å². The number of carbonyl (C=O) groups is 1. The summed E-state index contributed by atoms with van der Waals surface area (Å²) in [6.45, 7) is 3.85. The van der Waals surface area contributed by atoms with Crippen molar-refractivity contribution in [2.24, 2.45) is 0 Å². The van der Waals surface area contributed by atoms with E-state index in [9.17, 15) is 9.59 Å². The molecule has 4 aromatic rings. The van der Waals surface area contributed by atoms with Crippen molar-refractivity contribution < 1.29 is 4.79 Å². The highest BCUT2D eigenvalue weighted by atomic mass is 16.2. The Morgan fingerprint density at radius 2 is 1.83 bits per heavy atom. The Hall–Kier alpha value is -3.74. The largest absolute Gasteiger partial charge is 0.348 e. The fraction of sp³-hybridized carbons (Fsp3) is 0.217. The standard InChI is InChI=1S/C23H23N5O2/c1-3-17-9-11-19(12-10-17)20-13-21-23(30)27(24-15-28(21)26-20)14-22(29)25-16(2)18-7-5-4-6-8-18/h4-13,15-16H,3,14H2,1-2H3,(H,25,29)/t16-/m1/s1. The van der Waals surface area contributed by atoms with Crippen molar-refractivity contribution >= 4 is 11.4 Å². The first-order valence-corrected chi connectivity index (χ1v) is 9.94. The summed E-state index contributed by atoms with van der Waals surface area (Å²) in [6, 6.07) is 19.3. The molecule has 0 aliphatic carbocycles. The molecule has 1 amide bonds. The van der Waals surface area contributed by atoms with Crippen LogP contribution in [0.15, 0.2) is 71.8 Å². The number of aryl methyl sites for hydroxylation is 1. The predicted octanol–water partition coefficient (Wildman–Crippen LogP) is 3.00. The van der Waals surface area contributed by atoms with Crippen LogP contribution in [0.3, 0.4) is 0 Å². The lowest BCUT2D eigenvalue weighted by Crippen LogP contribution is -2.35. The van der Waals surface area contributed by atoms with Crippen LogP contribution in [0.5, 0.6) is 0 Å². The van der Waals surface area contributed by atoms with Crippen LogP contribution in [0.2, 0.25) is 0 Å². The Bertz CT molecular complexity index is 1230. The minimum absolute atomic E-state index is 0.155. The number of nitrogens with one attached hydrogen (secondary N) is 1. The molecule has 0 saturated carbocycles. The fourth-order valence-electron chi connectivity index (χ4n) is 3.35. The second kappa shape index (κ2) is 8.32. The Balaban J connectivity index is 1.54. The van der Waals surface area contributed by atoms with Gasteiger partial charge in [0.05, 0.1) is 11.7 Å². The number of rotatable bonds is 6. The van der Waals surface area contributed by atoms with Crippen LogP contribution >= 0.6 is 0 Å². The number of hydrogen-bond acceptors (Lipinski definition) is 4. The topological polar surface area (TPSA) is 81.3 Å². The maximum atomic E-state index is 12.8. The van der Waals surface area contributed by atoms with Crippen molar-refractivity contribution in [3.8, 4) is 11.3 Å². The van der Waals surface area contributed by atoms with Gasteiger partial charge in [0.2, 0.25) is 5.91 Å². The number of carbonyl (C=O) groups excluding carboxylic acids is 1. The molecular formula is C23H23N5O2. The molecule has 0 aliphatic heterocycles. The summed E-state index contributed by atoms with van der Waals surface area (Å²) < 4.78 is 2.61. The van der Waals surface area contributed by atoms with E-state index in [2.05, 4.69) is 22.4 Å². The molecule has 2 aromatic carbocycles. The van der Waals surface area contributed by atoms with E-state index in [-0.39, 0.29) is 24.1 Å². The normalized spacial score (nSPS) is 12.1. The predicted molar refractivity (Wildman–Crippen MR) is 115 cm³/mol.